The minimum absolute atomic E-state index is 1.07. The van der Waals surface area contributed by atoms with E-state index in [0.29, 0.717) is 0 Å². The van der Waals surface area contributed by atoms with Crippen LogP contribution < -0.4 is 10.4 Å². The fourth-order valence-electron chi connectivity index (χ4n) is 7.34. The Hall–Kier alpha value is -4.42. The maximum Gasteiger partial charge on any atom is -0.00665 e. The summed E-state index contributed by atoms with van der Waals surface area (Å²) in [6.07, 6.45) is 16.3. The second kappa shape index (κ2) is 9.65. The highest BCUT2D eigenvalue weighted by atomic mass is 14.3. The first kappa shape index (κ1) is 23.5. The normalized spacial score (nSPS) is 16.5. The molecule has 3 aliphatic rings. The zero-order valence-corrected chi connectivity index (χ0v) is 22.8. The minimum Gasteiger partial charge on any atom is -0.0763 e. The van der Waals surface area contributed by atoms with Crippen LogP contribution in [-0.4, -0.2) is 0 Å². The van der Waals surface area contributed by atoms with Crippen molar-refractivity contribution in [1.29, 1.82) is 0 Å². The van der Waals surface area contributed by atoms with Crippen molar-refractivity contribution in [2.24, 2.45) is 0 Å². The van der Waals surface area contributed by atoms with Gasteiger partial charge in [-0.3, -0.25) is 0 Å². The number of aryl methyl sites for hydroxylation is 1. The van der Waals surface area contributed by atoms with Crippen molar-refractivity contribution >= 4 is 50.4 Å². The Balaban J connectivity index is 1.33. The second-order valence-corrected chi connectivity index (χ2v) is 11.4. The van der Waals surface area contributed by atoms with E-state index >= 15 is 0 Å². The van der Waals surface area contributed by atoms with Crippen LogP contribution in [0.1, 0.15) is 54.4 Å². The minimum atomic E-state index is 1.07. The van der Waals surface area contributed by atoms with Crippen LogP contribution in [0.15, 0.2) is 115 Å². The molecule has 0 saturated carbocycles. The standard InChI is InChI=1S/C40H32/c1-2-12-31-26-32(25-20-27(31)10-1)40-37-17-7-5-15-35(37)39(36-16-6-8-18-38(36)40)30-23-21-29(22-24-30)34-19-9-13-28-11-3-4-14-33(28)34/h1-8,10-18,21,23,26H,9,19-20,22,24-25H2. The van der Waals surface area contributed by atoms with Gasteiger partial charge in [-0.1, -0.05) is 121 Å². The summed E-state index contributed by atoms with van der Waals surface area (Å²) in [5.74, 6) is 0. The Morgan fingerprint density at radius 1 is 0.450 bits per heavy atom. The zero-order valence-electron chi connectivity index (χ0n) is 22.8. The van der Waals surface area contributed by atoms with Crippen molar-refractivity contribution < 1.29 is 0 Å². The van der Waals surface area contributed by atoms with Gasteiger partial charge in [0.2, 0.25) is 0 Å². The van der Waals surface area contributed by atoms with Gasteiger partial charge in [-0.2, -0.15) is 0 Å². The quantitative estimate of drug-likeness (QED) is 0.212. The second-order valence-electron chi connectivity index (χ2n) is 11.4. The third-order valence-electron chi connectivity index (χ3n) is 9.20. The van der Waals surface area contributed by atoms with E-state index in [-0.39, 0.29) is 0 Å². The highest BCUT2D eigenvalue weighted by molar-refractivity contribution is 6.17. The largest absolute Gasteiger partial charge is 0.0763 e. The number of benzene rings is 5. The summed E-state index contributed by atoms with van der Waals surface area (Å²) >= 11 is 0. The van der Waals surface area contributed by atoms with Crippen molar-refractivity contribution in [2.75, 3.05) is 0 Å². The Morgan fingerprint density at radius 2 is 1.02 bits per heavy atom. The van der Waals surface area contributed by atoms with Gasteiger partial charge in [0.25, 0.3) is 0 Å². The first-order valence-corrected chi connectivity index (χ1v) is 14.8. The first-order valence-electron chi connectivity index (χ1n) is 14.8. The molecule has 0 bridgehead atoms. The molecule has 0 heterocycles. The summed E-state index contributed by atoms with van der Waals surface area (Å²) in [4.78, 5) is 0. The van der Waals surface area contributed by atoms with Gasteiger partial charge < -0.3 is 0 Å². The van der Waals surface area contributed by atoms with E-state index in [0.717, 1.165) is 38.5 Å². The molecular weight excluding hydrogens is 480 g/mol. The van der Waals surface area contributed by atoms with Gasteiger partial charge in [0.1, 0.15) is 0 Å². The summed E-state index contributed by atoms with van der Waals surface area (Å²) in [5.41, 5.74) is 11.6. The van der Waals surface area contributed by atoms with E-state index in [2.05, 4.69) is 121 Å². The van der Waals surface area contributed by atoms with Gasteiger partial charge in [-0.05, 0) is 115 Å². The molecule has 0 unspecified atom stereocenters. The van der Waals surface area contributed by atoms with Gasteiger partial charge in [-0.25, -0.2) is 0 Å². The van der Waals surface area contributed by atoms with Crippen LogP contribution in [0.3, 0.4) is 0 Å². The summed E-state index contributed by atoms with van der Waals surface area (Å²) in [6.45, 7) is 0. The van der Waals surface area contributed by atoms with Crippen molar-refractivity contribution in [1.82, 2.24) is 0 Å². The van der Waals surface area contributed by atoms with E-state index in [9.17, 15) is 0 Å². The lowest BCUT2D eigenvalue weighted by Crippen LogP contribution is -2.29. The summed E-state index contributed by atoms with van der Waals surface area (Å²) in [5, 5.41) is 8.34. The number of fused-ring (bicyclic) bond motifs is 4. The molecule has 0 fully saturated rings. The molecule has 40 heavy (non-hydrogen) atoms. The molecule has 0 N–H and O–H groups in total. The van der Waals surface area contributed by atoms with Crippen LogP contribution in [0.2, 0.25) is 0 Å². The Labute approximate surface area is 236 Å². The molecule has 0 aromatic heterocycles. The van der Waals surface area contributed by atoms with Crippen LogP contribution in [0.25, 0.3) is 50.4 Å². The molecule has 3 aliphatic carbocycles. The Morgan fingerprint density at radius 3 is 1.75 bits per heavy atom. The molecule has 5 aromatic rings. The fraction of sp³-hybridized carbons (Fsp3) is 0.150. The first-order chi connectivity index (χ1) is 19.8. The number of hydrogen-bond donors (Lipinski definition) is 0. The van der Waals surface area contributed by atoms with E-state index in [4.69, 9.17) is 0 Å². The van der Waals surface area contributed by atoms with Gasteiger partial charge in [0, 0.05) is 0 Å². The molecule has 5 aromatic carbocycles. The molecule has 0 saturated heterocycles. The third kappa shape index (κ3) is 3.82. The van der Waals surface area contributed by atoms with Crippen LogP contribution >= 0.6 is 0 Å². The average molecular weight is 513 g/mol. The highest BCUT2D eigenvalue weighted by Gasteiger charge is 2.22. The van der Waals surface area contributed by atoms with Crippen LogP contribution in [0.4, 0.5) is 0 Å². The average Bonchev–Trinajstić information content (AvgIpc) is 3.03. The Kier molecular flexibility index (Phi) is 5.66. The number of rotatable bonds is 3. The third-order valence-corrected chi connectivity index (χ3v) is 9.20. The molecule has 0 amide bonds. The van der Waals surface area contributed by atoms with Gasteiger partial charge >= 0.3 is 0 Å². The van der Waals surface area contributed by atoms with Crippen molar-refractivity contribution in [2.45, 2.75) is 38.5 Å². The Bertz CT molecular complexity index is 1990. The summed E-state index contributed by atoms with van der Waals surface area (Å²) in [6, 6.07) is 36.0. The number of allylic oxidation sites excluding steroid dienone is 5. The molecule has 0 spiro atoms. The molecule has 0 heteroatoms. The smallest absolute Gasteiger partial charge is 0.00665 e. The predicted octanol–water partition coefficient (Wildman–Crippen LogP) is 9.01. The molecular formula is C40H32. The molecule has 0 nitrogen and oxygen atoms in total. The maximum atomic E-state index is 2.44. The SMILES string of the molecule is C1=C(C2=c3ccccc3=CCC2)CCC(c2c3ccccc3c(C3=Cc4ccccc4CC3)c3ccccc23)=C1. The van der Waals surface area contributed by atoms with Gasteiger partial charge in [-0.15, -0.1) is 0 Å². The molecule has 0 radical (unpaired) electrons. The lowest BCUT2D eigenvalue weighted by molar-refractivity contribution is 0.972. The molecule has 8 rings (SSSR count). The zero-order chi connectivity index (χ0) is 26.5. The molecule has 192 valence electrons. The molecule has 0 atom stereocenters. The van der Waals surface area contributed by atoms with Gasteiger partial charge in [0.15, 0.2) is 0 Å². The van der Waals surface area contributed by atoms with E-state index < -0.39 is 0 Å². The number of hydrogen-bond acceptors (Lipinski definition) is 0. The van der Waals surface area contributed by atoms with Crippen LogP contribution in [0.5, 0.6) is 0 Å². The topological polar surface area (TPSA) is 0 Å². The summed E-state index contributed by atoms with van der Waals surface area (Å²) in [7, 11) is 0. The molecule has 0 aliphatic heterocycles. The van der Waals surface area contributed by atoms with Crippen LogP contribution in [0, 0.1) is 0 Å². The van der Waals surface area contributed by atoms with E-state index in [1.807, 2.05) is 0 Å². The summed E-state index contributed by atoms with van der Waals surface area (Å²) < 4.78 is 0. The lowest BCUT2D eigenvalue weighted by atomic mass is 9.79. The van der Waals surface area contributed by atoms with E-state index in [1.165, 1.54) is 71.0 Å². The van der Waals surface area contributed by atoms with Gasteiger partial charge in [0.05, 0.1) is 0 Å². The predicted molar refractivity (Wildman–Crippen MR) is 172 cm³/mol. The van der Waals surface area contributed by atoms with Crippen molar-refractivity contribution in [3.8, 4) is 0 Å². The lowest BCUT2D eigenvalue weighted by Gasteiger charge is -2.24. The van der Waals surface area contributed by atoms with Crippen LogP contribution in [-0.2, 0) is 6.42 Å². The highest BCUT2D eigenvalue weighted by Crippen LogP contribution is 2.44. The monoisotopic (exact) mass is 512 g/mol. The van der Waals surface area contributed by atoms with E-state index in [1.54, 1.807) is 5.57 Å². The maximum absolute atomic E-state index is 2.44. The van der Waals surface area contributed by atoms with Crippen molar-refractivity contribution in [3.63, 3.8) is 0 Å². The fourth-order valence-corrected chi connectivity index (χ4v) is 7.34. The van der Waals surface area contributed by atoms with Crippen molar-refractivity contribution in [3.05, 3.63) is 147 Å².